The van der Waals surface area contributed by atoms with Crippen molar-refractivity contribution in [3.63, 3.8) is 0 Å². The number of esters is 1. The van der Waals surface area contributed by atoms with Gasteiger partial charge in [0.25, 0.3) is 0 Å². The van der Waals surface area contributed by atoms with Crippen molar-refractivity contribution in [2.45, 2.75) is 44.2 Å². The third-order valence-electron chi connectivity index (χ3n) is 3.18. The predicted molar refractivity (Wildman–Crippen MR) is 51.3 cm³/mol. The van der Waals surface area contributed by atoms with E-state index in [1.165, 1.54) is 0 Å². The number of hydrogen-bond donors (Lipinski definition) is 0. The lowest BCUT2D eigenvalue weighted by Gasteiger charge is -2.41. The van der Waals surface area contributed by atoms with Crippen LogP contribution in [0, 0.1) is 5.41 Å². The Morgan fingerprint density at radius 3 is 1.48 bits per heavy atom. The van der Waals surface area contributed by atoms with Crippen LogP contribution in [0.3, 0.4) is 0 Å². The van der Waals surface area contributed by atoms with Gasteiger partial charge in [-0.2, -0.15) is 39.5 Å². The van der Waals surface area contributed by atoms with Crippen LogP contribution >= 0.6 is 0 Å². The molecular weight excluding hydrogens is 323 g/mol. The van der Waals surface area contributed by atoms with Crippen molar-refractivity contribution in [3.8, 4) is 0 Å². The zero-order valence-electron chi connectivity index (χ0n) is 10.9. The largest absolute Gasteiger partial charge is 0.468 e. The van der Waals surface area contributed by atoms with E-state index in [0.29, 0.717) is 7.11 Å². The molecular formula is C10H11F9O2. The van der Waals surface area contributed by atoms with Gasteiger partial charge in [-0.25, -0.2) is 0 Å². The molecule has 0 radical (unpaired) electrons. The predicted octanol–water partition coefficient (Wildman–Crippen LogP) is 4.04. The van der Waals surface area contributed by atoms with Crippen molar-refractivity contribution < 1.29 is 49.0 Å². The molecule has 1 unspecified atom stereocenters. The fourth-order valence-corrected chi connectivity index (χ4v) is 1.44. The van der Waals surface area contributed by atoms with Crippen molar-refractivity contribution in [1.29, 1.82) is 0 Å². The molecule has 0 saturated heterocycles. The normalized spacial score (nSPS) is 17.3. The highest BCUT2D eigenvalue weighted by Crippen LogP contribution is 2.59. The third-order valence-corrected chi connectivity index (χ3v) is 3.18. The maximum absolute atomic E-state index is 13.7. The zero-order valence-corrected chi connectivity index (χ0v) is 10.9. The van der Waals surface area contributed by atoms with Crippen molar-refractivity contribution >= 4 is 5.97 Å². The lowest BCUT2D eigenvalue weighted by Crippen LogP contribution is -2.67. The van der Waals surface area contributed by atoms with Crippen molar-refractivity contribution in [1.82, 2.24) is 0 Å². The van der Waals surface area contributed by atoms with Gasteiger partial charge in [0, 0.05) is 0 Å². The number of alkyl halides is 9. The fraction of sp³-hybridized carbons (Fsp3) is 0.900. The quantitative estimate of drug-likeness (QED) is 0.560. The summed E-state index contributed by atoms with van der Waals surface area (Å²) in [6.07, 6.45) is -8.08. The second kappa shape index (κ2) is 5.24. The molecule has 0 aromatic heterocycles. The second-order valence-corrected chi connectivity index (χ2v) is 4.40. The summed E-state index contributed by atoms with van der Waals surface area (Å²) in [5.41, 5.74) is -3.57. The summed E-state index contributed by atoms with van der Waals surface area (Å²) >= 11 is 0. The van der Waals surface area contributed by atoms with Crippen LogP contribution in [0.15, 0.2) is 0 Å². The Hall–Kier alpha value is -1.16. The van der Waals surface area contributed by atoms with Crippen LogP contribution in [-0.2, 0) is 9.53 Å². The van der Waals surface area contributed by atoms with Gasteiger partial charge in [-0.1, -0.05) is 6.92 Å². The Bertz CT molecular complexity index is 402. The molecule has 0 aliphatic rings. The third kappa shape index (κ3) is 2.54. The molecule has 0 bridgehead atoms. The van der Waals surface area contributed by atoms with Crippen LogP contribution in [0.4, 0.5) is 39.5 Å². The average Bonchev–Trinajstić information content (AvgIpc) is 2.34. The van der Waals surface area contributed by atoms with Crippen molar-refractivity contribution in [2.24, 2.45) is 5.41 Å². The topological polar surface area (TPSA) is 26.3 Å². The Morgan fingerprint density at radius 2 is 1.24 bits per heavy atom. The van der Waals surface area contributed by atoms with Crippen LogP contribution in [0.5, 0.6) is 0 Å². The second-order valence-electron chi connectivity index (χ2n) is 4.40. The molecule has 0 amide bonds. The van der Waals surface area contributed by atoms with E-state index in [-0.39, 0.29) is 6.92 Å². The fourth-order valence-electron chi connectivity index (χ4n) is 1.44. The first-order valence-electron chi connectivity index (χ1n) is 5.33. The van der Waals surface area contributed by atoms with Crippen molar-refractivity contribution in [2.75, 3.05) is 7.11 Å². The van der Waals surface area contributed by atoms with E-state index >= 15 is 0 Å². The molecule has 0 heterocycles. The van der Waals surface area contributed by atoms with E-state index in [2.05, 4.69) is 4.74 Å². The minimum atomic E-state index is -7.03. The van der Waals surface area contributed by atoms with E-state index in [1.807, 2.05) is 0 Å². The Labute approximate surface area is 113 Å². The number of ether oxygens (including phenoxy) is 1. The first-order chi connectivity index (χ1) is 9.04. The van der Waals surface area contributed by atoms with E-state index in [4.69, 9.17) is 0 Å². The summed E-state index contributed by atoms with van der Waals surface area (Å²) in [5, 5.41) is 0. The van der Waals surface area contributed by atoms with E-state index in [0.717, 1.165) is 6.92 Å². The Morgan fingerprint density at radius 1 is 0.857 bits per heavy atom. The molecule has 0 fully saturated rings. The molecule has 0 N–H and O–H groups in total. The van der Waals surface area contributed by atoms with Gasteiger partial charge in [0.15, 0.2) is 0 Å². The van der Waals surface area contributed by atoms with E-state index < -0.39 is 41.7 Å². The number of rotatable bonds is 5. The maximum atomic E-state index is 13.7. The first kappa shape index (κ1) is 19.8. The minimum absolute atomic E-state index is 0.124. The van der Waals surface area contributed by atoms with Crippen LogP contribution in [0.1, 0.15) is 20.3 Å². The minimum Gasteiger partial charge on any atom is -0.468 e. The molecule has 21 heavy (non-hydrogen) atoms. The Kier molecular flexibility index (Phi) is 4.95. The SMILES string of the molecule is CCC(C)(C(=O)OC)C(F)(F)C(F)(F)C(F)(F)C(F)(F)F. The van der Waals surface area contributed by atoms with Crippen LogP contribution < -0.4 is 0 Å². The monoisotopic (exact) mass is 334 g/mol. The zero-order chi connectivity index (χ0) is 17.5. The molecule has 0 aromatic rings. The molecule has 0 saturated carbocycles. The van der Waals surface area contributed by atoms with Crippen molar-refractivity contribution in [3.05, 3.63) is 0 Å². The van der Waals surface area contributed by atoms with Gasteiger partial charge >= 0.3 is 29.9 Å². The van der Waals surface area contributed by atoms with Gasteiger partial charge in [0.2, 0.25) is 0 Å². The van der Waals surface area contributed by atoms with Gasteiger partial charge < -0.3 is 4.74 Å². The molecule has 0 aliphatic heterocycles. The molecule has 0 aliphatic carbocycles. The summed E-state index contributed by atoms with van der Waals surface area (Å²) < 4.78 is 119. The van der Waals surface area contributed by atoms with E-state index in [9.17, 15) is 44.3 Å². The number of hydrogen-bond acceptors (Lipinski definition) is 2. The molecule has 0 spiro atoms. The molecule has 2 nitrogen and oxygen atoms in total. The van der Waals surface area contributed by atoms with Gasteiger partial charge in [0.05, 0.1) is 7.11 Å². The summed E-state index contributed by atoms with van der Waals surface area (Å²) in [6, 6.07) is 0. The highest BCUT2D eigenvalue weighted by molar-refractivity contribution is 5.77. The lowest BCUT2D eigenvalue weighted by atomic mass is 9.76. The first-order valence-corrected chi connectivity index (χ1v) is 5.33. The molecule has 11 heteroatoms. The summed E-state index contributed by atoms with van der Waals surface area (Å²) in [7, 11) is 0.506. The smallest absolute Gasteiger partial charge is 0.460 e. The summed E-state index contributed by atoms with van der Waals surface area (Å²) in [4.78, 5) is 11.2. The summed E-state index contributed by atoms with van der Waals surface area (Å²) in [6.45, 7) is 0.867. The molecule has 126 valence electrons. The van der Waals surface area contributed by atoms with Gasteiger partial charge in [-0.3, -0.25) is 4.79 Å². The van der Waals surface area contributed by atoms with Crippen LogP contribution in [-0.4, -0.2) is 37.0 Å². The lowest BCUT2D eigenvalue weighted by molar-refractivity contribution is -0.409. The van der Waals surface area contributed by atoms with Crippen LogP contribution in [0.2, 0.25) is 0 Å². The van der Waals surface area contributed by atoms with Crippen LogP contribution in [0.25, 0.3) is 0 Å². The van der Waals surface area contributed by atoms with Gasteiger partial charge in [0.1, 0.15) is 5.41 Å². The Balaban J connectivity index is 6.16. The van der Waals surface area contributed by atoms with Gasteiger partial charge in [-0.15, -0.1) is 0 Å². The number of methoxy groups -OCH3 is 1. The number of carbonyl (C=O) groups is 1. The number of carbonyl (C=O) groups excluding carboxylic acids is 1. The highest BCUT2D eigenvalue weighted by atomic mass is 19.4. The van der Waals surface area contributed by atoms with E-state index in [1.54, 1.807) is 0 Å². The molecule has 0 rings (SSSR count). The molecule has 0 aromatic carbocycles. The number of halogens is 9. The van der Waals surface area contributed by atoms with Gasteiger partial charge in [-0.05, 0) is 13.3 Å². The average molecular weight is 334 g/mol. The summed E-state index contributed by atoms with van der Waals surface area (Å²) in [5.74, 6) is -21.9. The maximum Gasteiger partial charge on any atom is 0.460 e. The molecule has 1 atom stereocenters. The standard InChI is InChI=1S/C10H11F9O2/c1-4-6(2,5(20)21-3)7(11,12)8(13,14)9(15,16)10(17,18)19/h4H2,1-3H3. The highest BCUT2D eigenvalue weighted by Gasteiger charge is 2.85.